The van der Waals surface area contributed by atoms with Crippen LogP contribution in [-0.2, 0) is 11.2 Å². The van der Waals surface area contributed by atoms with Gasteiger partial charge in [0, 0.05) is 13.0 Å². The number of nitrogen functional groups attached to an aromatic ring is 1. The number of hydrogen-bond acceptors (Lipinski definition) is 6. The lowest BCUT2D eigenvalue weighted by molar-refractivity contribution is 0.0528. The summed E-state index contributed by atoms with van der Waals surface area (Å²) < 4.78 is 5.08. The molecule has 0 aliphatic heterocycles. The molecule has 1 aromatic heterocycles. The van der Waals surface area contributed by atoms with Crippen LogP contribution in [0.25, 0.3) is 0 Å². The number of carbonyl (C=O) groups is 1. The van der Waals surface area contributed by atoms with Gasteiger partial charge in [-0.15, -0.1) is 0 Å². The van der Waals surface area contributed by atoms with E-state index in [-0.39, 0.29) is 11.4 Å². The van der Waals surface area contributed by atoms with Crippen molar-refractivity contribution in [2.75, 3.05) is 12.3 Å². The first-order valence-corrected chi connectivity index (χ1v) is 5.80. The van der Waals surface area contributed by atoms with E-state index in [0.717, 1.165) is 0 Å². The predicted octanol–water partition coefficient (Wildman–Crippen LogP) is 0.998. The van der Waals surface area contributed by atoms with E-state index in [9.17, 15) is 4.79 Å². The molecule has 1 amide bonds. The van der Waals surface area contributed by atoms with E-state index in [1.807, 2.05) is 6.07 Å². The molecule has 0 aliphatic rings. The highest BCUT2D eigenvalue weighted by molar-refractivity contribution is 5.67. The Hall–Kier alpha value is -2.36. The molecule has 0 saturated carbocycles. The summed E-state index contributed by atoms with van der Waals surface area (Å²) in [6.45, 7) is 5.70. The molecule has 0 bridgehead atoms. The summed E-state index contributed by atoms with van der Waals surface area (Å²) in [5.41, 5.74) is 5.27. The van der Waals surface area contributed by atoms with Crippen molar-refractivity contribution in [2.24, 2.45) is 0 Å². The van der Waals surface area contributed by atoms with Crippen LogP contribution < -0.4 is 11.1 Å². The zero-order valence-electron chi connectivity index (χ0n) is 11.2. The third-order valence-electron chi connectivity index (χ3n) is 2.01. The lowest BCUT2D eigenvalue weighted by Crippen LogP contribution is -2.33. The Morgan fingerprint density at radius 3 is 2.79 bits per heavy atom. The van der Waals surface area contributed by atoms with Gasteiger partial charge in [-0.1, -0.05) is 0 Å². The van der Waals surface area contributed by atoms with Gasteiger partial charge in [-0.05, 0) is 20.8 Å². The Balaban J connectivity index is 2.44. The lowest BCUT2D eigenvalue weighted by Gasteiger charge is -2.19. The van der Waals surface area contributed by atoms with Crippen molar-refractivity contribution in [3.63, 3.8) is 0 Å². The Kier molecular flexibility index (Phi) is 4.64. The zero-order valence-corrected chi connectivity index (χ0v) is 11.2. The standard InChI is InChI=1S/C12H17N5O2/c1-12(2,3)19-11(18)15-5-4-9-16-7-8(6-13)10(14)17-9/h7H,4-5H2,1-3H3,(H,15,18)(H2,14,16,17). The van der Waals surface area contributed by atoms with E-state index in [0.29, 0.717) is 18.8 Å². The number of carbonyl (C=O) groups excluding carboxylic acids is 1. The summed E-state index contributed by atoms with van der Waals surface area (Å²) in [6.07, 6.45) is 1.29. The first-order chi connectivity index (χ1) is 8.81. The van der Waals surface area contributed by atoms with E-state index in [1.165, 1.54) is 6.20 Å². The van der Waals surface area contributed by atoms with Crippen molar-refractivity contribution >= 4 is 11.9 Å². The van der Waals surface area contributed by atoms with Gasteiger partial charge in [0.05, 0.1) is 6.20 Å². The fourth-order valence-electron chi connectivity index (χ4n) is 1.23. The maximum absolute atomic E-state index is 11.4. The normalized spacial score (nSPS) is 10.6. The minimum Gasteiger partial charge on any atom is -0.444 e. The average molecular weight is 263 g/mol. The van der Waals surface area contributed by atoms with Crippen LogP contribution in [0.15, 0.2) is 6.20 Å². The molecule has 1 rings (SSSR count). The van der Waals surface area contributed by atoms with Gasteiger partial charge >= 0.3 is 6.09 Å². The molecule has 1 heterocycles. The van der Waals surface area contributed by atoms with Crippen LogP contribution in [0.2, 0.25) is 0 Å². The highest BCUT2D eigenvalue weighted by Crippen LogP contribution is 2.07. The maximum atomic E-state index is 11.4. The molecule has 0 radical (unpaired) electrons. The van der Waals surface area contributed by atoms with Crippen molar-refractivity contribution in [2.45, 2.75) is 32.8 Å². The molecule has 0 fully saturated rings. The van der Waals surface area contributed by atoms with E-state index < -0.39 is 11.7 Å². The van der Waals surface area contributed by atoms with Crippen LogP contribution in [0.3, 0.4) is 0 Å². The second-order valence-electron chi connectivity index (χ2n) is 4.88. The molecule has 0 spiro atoms. The van der Waals surface area contributed by atoms with Gasteiger partial charge in [0.2, 0.25) is 0 Å². The first kappa shape index (κ1) is 14.7. The molecule has 0 aromatic carbocycles. The smallest absolute Gasteiger partial charge is 0.407 e. The SMILES string of the molecule is CC(C)(C)OC(=O)NCCc1ncc(C#N)c(N)n1. The number of nitrogens with zero attached hydrogens (tertiary/aromatic N) is 3. The Bertz CT molecular complexity index is 502. The van der Waals surface area contributed by atoms with Crippen LogP contribution in [0.4, 0.5) is 10.6 Å². The molecule has 0 unspecified atom stereocenters. The summed E-state index contributed by atoms with van der Waals surface area (Å²) in [6, 6.07) is 1.88. The highest BCUT2D eigenvalue weighted by Gasteiger charge is 2.15. The van der Waals surface area contributed by atoms with Gasteiger partial charge in [0.1, 0.15) is 28.9 Å². The predicted molar refractivity (Wildman–Crippen MR) is 69.1 cm³/mol. The quantitative estimate of drug-likeness (QED) is 0.840. The molecule has 7 nitrogen and oxygen atoms in total. The van der Waals surface area contributed by atoms with E-state index >= 15 is 0 Å². The fourth-order valence-corrected chi connectivity index (χ4v) is 1.23. The molecule has 0 atom stereocenters. The molecule has 1 aromatic rings. The average Bonchev–Trinajstić information content (AvgIpc) is 2.26. The number of alkyl carbamates (subject to hydrolysis) is 1. The van der Waals surface area contributed by atoms with E-state index in [1.54, 1.807) is 20.8 Å². The van der Waals surface area contributed by atoms with Gasteiger partial charge < -0.3 is 15.8 Å². The first-order valence-electron chi connectivity index (χ1n) is 5.80. The maximum Gasteiger partial charge on any atom is 0.407 e. The second kappa shape index (κ2) is 6.00. The van der Waals surface area contributed by atoms with Crippen molar-refractivity contribution < 1.29 is 9.53 Å². The Labute approximate surface area is 111 Å². The number of nitrogens with two attached hydrogens (primary N) is 1. The lowest BCUT2D eigenvalue weighted by atomic mass is 10.2. The zero-order chi connectivity index (χ0) is 14.5. The van der Waals surface area contributed by atoms with Crippen molar-refractivity contribution in [3.8, 4) is 6.07 Å². The molecule has 102 valence electrons. The van der Waals surface area contributed by atoms with Gasteiger partial charge in [-0.25, -0.2) is 14.8 Å². The second-order valence-corrected chi connectivity index (χ2v) is 4.88. The number of ether oxygens (including phenoxy) is 1. The minimum absolute atomic E-state index is 0.143. The van der Waals surface area contributed by atoms with Crippen LogP contribution >= 0.6 is 0 Å². The number of aromatic nitrogens is 2. The number of rotatable bonds is 3. The summed E-state index contributed by atoms with van der Waals surface area (Å²) in [5.74, 6) is 0.609. The molecule has 3 N–H and O–H groups in total. The number of anilines is 1. The topological polar surface area (TPSA) is 114 Å². The summed E-state index contributed by atoms with van der Waals surface area (Å²) in [4.78, 5) is 19.3. The van der Waals surface area contributed by atoms with Crippen LogP contribution in [-0.4, -0.2) is 28.2 Å². The Morgan fingerprint density at radius 1 is 1.58 bits per heavy atom. The largest absolute Gasteiger partial charge is 0.444 e. The summed E-state index contributed by atoms with van der Waals surface area (Å²) >= 11 is 0. The number of amides is 1. The van der Waals surface area contributed by atoms with Crippen LogP contribution in [0.5, 0.6) is 0 Å². The molecule has 0 saturated heterocycles. The Morgan fingerprint density at radius 2 is 2.26 bits per heavy atom. The number of hydrogen-bond donors (Lipinski definition) is 2. The van der Waals surface area contributed by atoms with Crippen molar-refractivity contribution in [3.05, 3.63) is 17.6 Å². The molecule has 19 heavy (non-hydrogen) atoms. The molecular weight excluding hydrogens is 246 g/mol. The summed E-state index contributed by atoms with van der Waals surface area (Å²) in [7, 11) is 0. The van der Waals surface area contributed by atoms with Crippen molar-refractivity contribution in [1.82, 2.24) is 15.3 Å². The van der Waals surface area contributed by atoms with Crippen molar-refractivity contribution in [1.29, 1.82) is 5.26 Å². The highest BCUT2D eigenvalue weighted by atomic mass is 16.6. The van der Waals surface area contributed by atoms with E-state index in [4.69, 9.17) is 15.7 Å². The van der Waals surface area contributed by atoms with Crippen LogP contribution in [0.1, 0.15) is 32.2 Å². The molecule has 0 aliphatic carbocycles. The van der Waals surface area contributed by atoms with Gasteiger partial charge in [0.15, 0.2) is 0 Å². The monoisotopic (exact) mass is 263 g/mol. The van der Waals surface area contributed by atoms with Gasteiger partial charge in [-0.3, -0.25) is 0 Å². The van der Waals surface area contributed by atoms with Gasteiger partial charge in [0.25, 0.3) is 0 Å². The third-order valence-corrected chi connectivity index (χ3v) is 2.01. The third kappa shape index (κ3) is 5.21. The van der Waals surface area contributed by atoms with Gasteiger partial charge in [-0.2, -0.15) is 5.26 Å². The van der Waals surface area contributed by atoms with E-state index in [2.05, 4.69) is 15.3 Å². The summed E-state index contributed by atoms with van der Waals surface area (Å²) in [5, 5.41) is 11.3. The number of nitrogens with one attached hydrogen (secondary N) is 1. The van der Waals surface area contributed by atoms with Crippen LogP contribution in [0, 0.1) is 11.3 Å². The molecular formula is C12H17N5O2. The fraction of sp³-hybridized carbons (Fsp3) is 0.500. The molecule has 7 heteroatoms. The minimum atomic E-state index is -0.528. The number of nitriles is 1.